The first-order chi connectivity index (χ1) is 9.86. The van der Waals surface area contributed by atoms with E-state index in [0.29, 0.717) is 18.9 Å². The maximum Gasteiger partial charge on any atom is 0.225 e. The van der Waals surface area contributed by atoms with Crippen LogP contribution in [-0.2, 0) is 17.8 Å². The average molecular weight is 323 g/mol. The maximum atomic E-state index is 12.1. The summed E-state index contributed by atoms with van der Waals surface area (Å²) in [4.78, 5) is 23.1. The summed E-state index contributed by atoms with van der Waals surface area (Å²) in [6.07, 6.45) is 0.409. The zero-order chi connectivity index (χ0) is 15.6. The number of rotatable bonds is 5. The molecule has 0 aromatic carbocycles. The Morgan fingerprint density at radius 2 is 1.76 bits per heavy atom. The molecule has 114 valence electrons. The van der Waals surface area contributed by atoms with Crippen molar-refractivity contribution in [1.29, 1.82) is 0 Å². The Balaban J connectivity index is 1.93. The van der Waals surface area contributed by atoms with Gasteiger partial charge in [0.15, 0.2) is 0 Å². The highest BCUT2D eigenvalue weighted by molar-refractivity contribution is 7.12. The molecule has 0 aliphatic carbocycles. The maximum absolute atomic E-state index is 12.1. The molecule has 0 saturated heterocycles. The zero-order valence-electron chi connectivity index (χ0n) is 13.1. The van der Waals surface area contributed by atoms with Gasteiger partial charge in [-0.3, -0.25) is 4.79 Å². The van der Waals surface area contributed by atoms with E-state index in [1.165, 1.54) is 0 Å². The summed E-state index contributed by atoms with van der Waals surface area (Å²) in [6.45, 7) is 10.7. The van der Waals surface area contributed by atoms with Crippen molar-refractivity contribution in [2.24, 2.45) is 0 Å². The third kappa shape index (κ3) is 4.11. The van der Waals surface area contributed by atoms with Crippen LogP contribution in [-0.4, -0.2) is 15.9 Å². The molecule has 1 amide bonds. The molecule has 1 N–H and O–H groups in total. The van der Waals surface area contributed by atoms with Crippen LogP contribution in [0.15, 0.2) is 0 Å². The molecule has 6 heteroatoms. The zero-order valence-corrected chi connectivity index (χ0v) is 14.7. The van der Waals surface area contributed by atoms with Crippen molar-refractivity contribution in [2.75, 3.05) is 0 Å². The largest absolute Gasteiger partial charge is 0.351 e. The van der Waals surface area contributed by atoms with Gasteiger partial charge in [0.2, 0.25) is 5.91 Å². The van der Waals surface area contributed by atoms with Gasteiger partial charge < -0.3 is 5.32 Å². The lowest BCUT2D eigenvalue weighted by atomic mass is 10.2. The second-order valence-electron chi connectivity index (χ2n) is 5.41. The highest BCUT2D eigenvalue weighted by Crippen LogP contribution is 2.24. The summed E-state index contributed by atoms with van der Waals surface area (Å²) in [7, 11) is 0. The first-order valence-electron chi connectivity index (χ1n) is 7.02. The van der Waals surface area contributed by atoms with Crippen molar-refractivity contribution >= 4 is 28.6 Å². The summed E-state index contributed by atoms with van der Waals surface area (Å²) < 4.78 is 0. The minimum Gasteiger partial charge on any atom is -0.351 e. The number of carbonyl (C=O) groups is 1. The molecule has 0 saturated carbocycles. The van der Waals surface area contributed by atoms with Crippen molar-refractivity contribution < 1.29 is 4.79 Å². The van der Waals surface area contributed by atoms with E-state index >= 15 is 0 Å². The molecule has 0 radical (unpaired) electrons. The van der Waals surface area contributed by atoms with Gasteiger partial charge in [0, 0.05) is 15.7 Å². The van der Waals surface area contributed by atoms with E-state index in [1.807, 2.05) is 20.8 Å². The third-order valence-electron chi connectivity index (χ3n) is 3.17. The van der Waals surface area contributed by atoms with Gasteiger partial charge in [-0.05, 0) is 20.8 Å². The molecule has 2 aromatic rings. The van der Waals surface area contributed by atoms with Crippen LogP contribution in [0.1, 0.15) is 50.9 Å². The van der Waals surface area contributed by atoms with Crippen molar-refractivity contribution in [2.45, 2.75) is 53.5 Å². The molecule has 0 atom stereocenters. The number of thiazole rings is 2. The van der Waals surface area contributed by atoms with Gasteiger partial charge in [0.25, 0.3) is 0 Å². The summed E-state index contributed by atoms with van der Waals surface area (Å²) in [5.74, 6) is 0.474. The first kappa shape index (κ1) is 16.1. The van der Waals surface area contributed by atoms with Gasteiger partial charge in [-0.2, -0.15) is 0 Å². The second-order valence-corrected chi connectivity index (χ2v) is 7.81. The lowest BCUT2D eigenvalue weighted by Crippen LogP contribution is -2.24. The number of hydrogen-bond donors (Lipinski definition) is 1. The SMILES string of the molecule is Cc1nc(C)c(CC(=O)NCc2sc(C(C)C)nc2C)s1. The van der Waals surface area contributed by atoms with Crippen molar-refractivity contribution in [3.63, 3.8) is 0 Å². The molecule has 0 spiro atoms. The summed E-state index contributed by atoms with van der Waals surface area (Å²) >= 11 is 3.28. The lowest BCUT2D eigenvalue weighted by molar-refractivity contribution is -0.120. The van der Waals surface area contributed by atoms with Gasteiger partial charge >= 0.3 is 0 Å². The van der Waals surface area contributed by atoms with E-state index in [-0.39, 0.29) is 5.91 Å². The molecule has 2 heterocycles. The summed E-state index contributed by atoms with van der Waals surface area (Å²) in [5, 5.41) is 5.13. The fourth-order valence-corrected chi connectivity index (χ4v) is 3.93. The van der Waals surface area contributed by atoms with Crippen molar-refractivity contribution in [1.82, 2.24) is 15.3 Å². The third-order valence-corrected chi connectivity index (χ3v) is 5.70. The lowest BCUT2D eigenvalue weighted by Gasteiger charge is -2.03. The molecule has 0 fully saturated rings. The van der Waals surface area contributed by atoms with Crippen LogP contribution in [0.2, 0.25) is 0 Å². The Labute approximate surface area is 133 Å². The molecular weight excluding hydrogens is 302 g/mol. The second kappa shape index (κ2) is 6.66. The van der Waals surface area contributed by atoms with Crippen LogP contribution < -0.4 is 5.32 Å². The average Bonchev–Trinajstić information content (AvgIpc) is 2.90. The van der Waals surface area contributed by atoms with E-state index < -0.39 is 0 Å². The standard InChI is InChI=1S/C15H21N3OS2/c1-8(2)15-18-10(4)13(21-15)7-16-14(19)6-12-9(3)17-11(5)20-12/h8H,6-7H2,1-5H3,(H,16,19). The van der Waals surface area contributed by atoms with E-state index in [2.05, 4.69) is 29.1 Å². The van der Waals surface area contributed by atoms with Crippen LogP contribution in [0.5, 0.6) is 0 Å². The van der Waals surface area contributed by atoms with Crippen LogP contribution in [0.3, 0.4) is 0 Å². The predicted molar refractivity (Wildman–Crippen MR) is 88.1 cm³/mol. The van der Waals surface area contributed by atoms with Crippen LogP contribution in [0.4, 0.5) is 0 Å². The monoisotopic (exact) mass is 323 g/mol. The first-order valence-corrected chi connectivity index (χ1v) is 8.66. The topological polar surface area (TPSA) is 54.9 Å². The number of aryl methyl sites for hydroxylation is 3. The molecule has 2 rings (SSSR count). The fourth-order valence-electron chi connectivity index (χ4n) is 1.99. The van der Waals surface area contributed by atoms with E-state index in [0.717, 1.165) is 31.2 Å². The predicted octanol–water partition coefficient (Wildman–Crippen LogP) is 3.51. The Hall–Kier alpha value is -1.27. The molecule has 21 heavy (non-hydrogen) atoms. The normalized spacial score (nSPS) is 11.1. The summed E-state index contributed by atoms with van der Waals surface area (Å²) in [5.41, 5.74) is 1.98. The molecule has 4 nitrogen and oxygen atoms in total. The summed E-state index contributed by atoms with van der Waals surface area (Å²) in [6, 6.07) is 0. The number of carbonyl (C=O) groups excluding carboxylic acids is 1. The molecule has 0 aliphatic heterocycles. The van der Waals surface area contributed by atoms with Gasteiger partial charge in [0.05, 0.1) is 34.4 Å². The molecule has 2 aromatic heterocycles. The van der Waals surface area contributed by atoms with Gasteiger partial charge in [-0.15, -0.1) is 22.7 Å². The van der Waals surface area contributed by atoms with Crippen LogP contribution in [0, 0.1) is 20.8 Å². The van der Waals surface area contributed by atoms with Crippen LogP contribution in [0.25, 0.3) is 0 Å². The van der Waals surface area contributed by atoms with E-state index in [9.17, 15) is 4.79 Å². The Morgan fingerprint density at radius 1 is 1.10 bits per heavy atom. The number of amides is 1. The van der Waals surface area contributed by atoms with Gasteiger partial charge in [0.1, 0.15) is 0 Å². The molecule has 0 bridgehead atoms. The van der Waals surface area contributed by atoms with Gasteiger partial charge in [-0.25, -0.2) is 9.97 Å². The molecular formula is C15H21N3OS2. The van der Waals surface area contributed by atoms with E-state index in [4.69, 9.17) is 0 Å². The fraction of sp³-hybridized carbons (Fsp3) is 0.533. The molecule has 0 unspecified atom stereocenters. The minimum absolute atomic E-state index is 0.0423. The van der Waals surface area contributed by atoms with Crippen LogP contribution >= 0.6 is 22.7 Å². The molecule has 0 aliphatic rings. The van der Waals surface area contributed by atoms with Crippen molar-refractivity contribution in [3.8, 4) is 0 Å². The van der Waals surface area contributed by atoms with Crippen molar-refractivity contribution in [3.05, 3.63) is 31.2 Å². The Bertz CT molecular complexity index is 643. The number of aromatic nitrogens is 2. The number of nitrogens with one attached hydrogen (secondary N) is 1. The van der Waals surface area contributed by atoms with Gasteiger partial charge in [-0.1, -0.05) is 13.8 Å². The number of nitrogens with zero attached hydrogens (tertiary/aromatic N) is 2. The number of hydrogen-bond acceptors (Lipinski definition) is 5. The van der Waals surface area contributed by atoms with E-state index in [1.54, 1.807) is 22.7 Å². The minimum atomic E-state index is 0.0423. The smallest absolute Gasteiger partial charge is 0.225 e. The quantitative estimate of drug-likeness (QED) is 0.916. The Morgan fingerprint density at radius 3 is 2.29 bits per heavy atom. The highest BCUT2D eigenvalue weighted by Gasteiger charge is 2.13. The highest BCUT2D eigenvalue weighted by atomic mass is 32.1. The Kier molecular flexibility index (Phi) is 5.11.